The highest BCUT2D eigenvalue weighted by Crippen LogP contribution is 2.21. The van der Waals surface area contributed by atoms with Gasteiger partial charge in [-0.1, -0.05) is 40.2 Å². The first-order valence-electron chi connectivity index (χ1n) is 9.31. The first kappa shape index (κ1) is 23.4. The van der Waals surface area contributed by atoms with Crippen molar-refractivity contribution in [3.63, 3.8) is 0 Å². The molecule has 2 N–H and O–H groups in total. The summed E-state index contributed by atoms with van der Waals surface area (Å²) in [5.74, 6) is -1.96. The normalized spacial score (nSPS) is 10.6. The Morgan fingerprint density at radius 3 is 2.47 bits per heavy atom. The van der Waals surface area contributed by atoms with Crippen LogP contribution in [0.5, 0.6) is 5.75 Å². The number of hydrogen-bond donors (Lipinski definition) is 2. The number of esters is 1. The fourth-order valence-corrected chi connectivity index (χ4v) is 3.53. The van der Waals surface area contributed by atoms with Crippen LogP contribution in [0.3, 0.4) is 0 Å². The van der Waals surface area contributed by atoms with E-state index in [2.05, 4.69) is 47.7 Å². The second-order valence-corrected chi connectivity index (χ2v) is 8.32. The summed E-state index contributed by atoms with van der Waals surface area (Å²) >= 11 is 6.65. The summed E-state index contributed by atoms with van der Waals surface area (Å²) in [4.78, 5) is 36.4. The van der Waals surface area contributed by atoms with Crippen molar-refractivity contribution in [3.8, 4) is 5.75 Å². The standard InChI is InChI=1S/C23H17Br2N3O4/c1-14-11-16(24)9-10-20(14)27-21(29)22(30)28-26-13-15-5-4-6-17(12-15)32-23(31)18-7-2-3-8-19(18)25/h2-13H,1H3,(H,27,29)(H,28,30). The van der Waals surface area contributed by atoms with E-state index in [0.717, 1.165) is 10.0 Å². The number of hydrogen-bond acceptors (Lipinski definition) is 5. The zero-order valence-electron chi connectivity index (χ0n) is 16.8. The van der Waals surface area contributed by atoms with Gasteiger partial charge in [-0.3, -0.25) is 9.59 Å². The fourth-order valence-electron chi connectivity index (χ4n) is 2.61. The Morgan fingerprint density at radius 2 is 1.72 bits per heavy atom. The van der Waals surface area contributed by atoms with Crippen LogP contribution in [-0.4, -0.2) is 24.0 Å². The predicted molar refractivity (Wildman–Crippen MR) is 129 cm³/mol. The molecule has 3 aromatic rings. The number of carbonyl (C=O) groups is 3. The minimum absolute atomic E-state index is 0.310. The number of rotatable bonds is 5. The monoisotopic (exact) mass is 557 g/mol. The summed E-state index contributed by atoms with van der Waals surface area (Å²) < 4.78 is 6.88. The second-order valence-electron chi connectivity index (χ2n) is 6.55. The van der Waals surface area contributed by atoms with Crippen LogP contribution in [0.1, 0.15) is 21.5 Å². The van der Waals surface area contributed by atoms with Crippen LogP contribution >= 0.6 is 31.9 Å². The number of nitrogens with one attached hydrogen (secondary N) is 2. The first-order valence-corrected chi connectivity index (χ1v) is 10.9. The topological polar surface area (TPSA) is 96.9 Å². The lowest BCUT2D eigenvalue weighted by Crippen LogP contribution is -2.32. The van der Waals surface area contributed by atoms with Crippen molar-refractivity contribution in [2.75, 3.05) is 5.32 Å². The highest BCUT2D eigenvalue weighted by molar-refractivity contribution is 9.10. The maximum atomic E-state index is 12.3. The number of ether oxygens (including phenoxy) is 1. The van der Waals surface area contributed by atoms with Crippen molar-refractivity contribution < 1.29 is 19.1 Å². The van der Waals surface area contributed by atoms with Crippen molar-refractivity contribution >= 4 is 61.5 Å². The molecule has 0 saturated heterocycles. The molecule has 7 nitrogen and oxygen atoms in total. The quantitative estimate of drug-likeness (QED) is 0.154. The van der Waals surface area contributed by atoms with Gasteiger partial charge >= 0.3 is 17.8 Å². The molecular formula is C23H17Br2N3O4. The molecule has 3 aromatic carbocycles. The molecule has 0 aliphatic carbocycles. The molecule has 0 saturated carbocycles. The number of halogens is 2. The van der Waals surface area contributed by atoms with Crippen molar-refractivity contribution in [1.82, 2.24) is 5.43 Å². The average molecular weight is 559 g/mol. The summed E-state index contributed by atoms with van der Waals surface area (Å²) in [5.41, 5.74) is 4.46. The maximum Gasteiger partial charge on any atom is 0.344 e. The van der Waals surface area contributed by atoms with Crippen molar-refractivity contribution in [3.05, 3.63) is 92.4 Å². The molecule has 0 heterocycles. The highest BCUT2D eigenvalue weighted by atomic mass is 79.9. The number of nitrogens with zero attached hydrogens (tertiary/aromatic N) is 1. The molecule has 2 amide bonds. The number of amides is 2. The van der Waals surface area contributed by atoms with Gasteiger partial charge in [0.05, 0.1) is 11.8 Å². The Kier molecular flexibility index (Phi) is 7.91. The van der Waals surface area contributed by atoms with Crippen LogP contribution in [-0.2, 0) is 9.59 Å². The molecular weight excluding hydrogens is 542 g/mol. The summed E-state index contributed by atoms with van der Waals surface area (Å²) in [6.45, 7) is 1.81. The summed E-state index contributed by atoms with van der Waals surface area (Å²) in [6.07, 6.45) is 1.34. The Hall–Kier alpha value is -3.30. The van der Waals surface area contributed by atoms with Crippen LogP contribution in [0.15, 0.2) is 80.8 Å². The van der Waals surface area contributed by atoms with E-state index in [1.165, 1.54) is 6.21 Å². The van der Waals surface area contributed by atoms with E-state index in [1.54, 1.807) is 60.7 Å². The third-order valence-electron chi connectivity index (χ3n) is 4.19. The lowest BCUT2D eigenvalue weighted by molar-refractivity contribution is -0.136. The van der Waals surface area contributed by atoms with Crippen molar-refractivity contribution in [1.29, 1.82) is 0 Å². The van der Waals surface area contributed by atoms with E-state index in [1.807, 2.05) is 13.0 Å². The van der Waals surface area contributed by atoms with E-state index in [9.17, 15) is 14.4 Å². The van der Waals surface area contributed by atoms with Crippen LogP contribution in [0.25, 0.3) is 0 Å². The smallest absolute Gasteiger partial charge is 0.344 e. The van der Waals surface area contributed by atoms with Gasteiger partial charge in [0.2, 0.25) is 0 Å². The van der Waals surface area contributed by atoms with Gasteiger partial charge in [0.1, 0.15) is 5.75 Å². The molecule has 0 aromatic heterocycles. The van der Waals surface area contributed by atoms with Gasteiger partial charge in [-0.25, -0.2) is 10.2 Å². The summed E-state index contributed by atoms with van der Waals surface area (Å²) in [5, 5.41) is 6.32. The number of aryl methyl sites for hydroxylation is 1. The molecule has 3 rings (SSSR count). The lowest BCUT2D eigenvalue weighted by Gasteiger charge is -2.07. The third kappa shape index (κ3) is 6.35. The Balaban J connectivity index is 1.58. The molecule has 0 fully saturated rings. The van der Waals surface area contributed by atoms with Crippen molar-refractivity contribution in [2.24, 2.45) is 5.10 Å². The molecule has 0 radical (unpaired) electrons. The lowest BCUT2D eigenvalue weighted by atomic mass is 10.2. The third-order valence-corrected chi connectivity index (χ3v) is 5.37. The summed E-state index contributed by atoms with van der Waals surface area (Å²) in [6, 6.07) is 18.8. The zero-order chi connectivity index (χ0) is 23.1. The Labute approximate surface area is 201 Å². The number of carbonyl (C=O) groups excluding carboxylic acids is 3. The Bertz CT molecular complexity index is 1210. The molecule has 0 aliphatic rings. The van der Waals surface area contributed by atoms with E-state index in [4.69, 9.17) is 4.74 Å². The van der Waals surface area contributed by atoms with Crippen LogP contribution in [0.2, 0.25) is 0 Å². The van der Waals surface area contributed by atoms with Gasteiger partial charge in [-0.15, -0.1) is 0 Å². The van der Waals surface area contributed by atoms with Gasteiger partial charge < -0.3 is 10.1 Å². The molecule has 0 unspecified atom stereocenters. The average Bonchev–Trinajstić information content (AvgIpc) is 2.76. The van der Waals surface area contributed by atoms with E-state index >= 15 is 0 Å². The molecule has 0 bridgehead atoms. The second kappa shape index (κ2) is 10.8. The minimum atomic E-state index is -0.917. The van der Waals surface area contributed by atoms with Crippen LogP contribution < -0.4 is 15.5 Å². The maximum absolute atomic E-state index is 12.3. The van der Waals surface area contributed by atoms with Gasteiger partial charge in [0, 0.05) is 14.6 Å². The molecule has 0 atom stereocenters. The minimum Gasteiger partial charge on any atom is -0.423 e. The van der Waals surface area contributed by atoms with E-state index in [0.29, 0.717) is 27.0 Å². The molecule has 0 aliphatic heterocycles. The van der Waals surface area contributed by atoms with Crippen LogP contribution in [0.4, 0.5) is 5.69 Å². The van der Waals surface area contributed by atoms with Gasteiger partial charge in [0.25, 0.3) is 0 Å². The predicted octanol–water partition coefficient (Wildman–Crippen LogP) is 4.83. The molecule has 162 valence electrons. The van der Waals surface area contributed by atoms with Crippen molar-refractivity contribution in [2.45, 2.75) is 6.92 Å². The largest absolute Gasteiger partial charge is 0.423 e. The Morgan fingerprint density at radius 1 is 0.938 bits per heavy atom. The van der Waals surface area contributed by atoms with Gasteiger partial charge in [-0.2, -0.15) is 5.10 Å². The highest BCUT2D eigenvalue weighted by Gasteiger charge is 2.14. The number of anilines is 1. The van der Waals surface area contributed by atoms with Gasteiger partial charge in [-0.05, 0) is 76.4 Å². The molecule has 0 spiro atoms. The number of benzene rings is 3. The summed E-state index contributed by atoms with van der Waals surface area (Å²) in [7, 11) is 0. The fraction of sp³-hybridized carbons (Fsp3) is 0.0435. The molecule has 9 heteroatoms. The van der Waals surface area contributed by atoms with E-state index < -0.39 is 17.8 Å². The van der Waals surface area contributed by atoms with Gasteiger partial charge in [0.15, 0.2) is 0 Å². The SMILES string of the molecule is Cc1cc(Br)ccc1NC(=O)C(=O)NN=Cc1cccc(OC(=O)c2ccccc2Br)c1. The van der Waals surface area contributed by atoms with Crippen LogP contribution in [0, 0.1) is 6.92 Å². The molecule has 32 heavy (non-hydrogen) atoms. The zero-order valence-corrected chi connectivity index (χ0v) is 19.9. The van der Waals surface area contributed by atoms with E-state index in [-0.39, 0.29) is 0 Å². The number of hydrazone groups is 1. The first-order chi connectivity index (χ1) is 15.3.